The van der Waals surface area contributed by atoms with Gasteiger partial charge in [-0.15, -0.1) is 0 Å². The van der Waals surface area contributed by atoms with E-state index in [1.54, 1.807) is 47.6 Å². The van der Waals surface area contributed by atoms with Gasteiger partial charge in [-0.05, 0) is 93.6 Å². The second-order valence-corrected chi connectivity index (χ2v) is 13.4. The Kier molecular flexibility index (Phi) is 11.9. The quantitative estimate of drug-likeness (QED) is 0.159. The molecule has 0 bridgehead atoms. The molecule has 0 aliphatic rings. The summed E-state index contributed by atoms with van der Waals surface area (Å²) < 4.78 is 23.3. The van der Waals surface area contributed by atoms with Gasteiger partial charge < -0.3 is 29.6 Å². The molecule has 0 aromatic heterocycles. The highest BCUT2D eigenvalue weighted by Gasteiger charge is 2.31. The van der Waals surface area contributed by atoms with Gasteiger partial charge >= 0.3 is 12.2 Å². The monoisotopic (exact) mass is 650 g/mol. The van der Waals surface area contributed by atoms with Crippen molar-refractivity contribution in [2.24, 2.45) is 0 Å². The van der Waals surface area contributed by atoms with Gasteiger partial charge in [0.1, 0.15) is 35.9 Å². The Hall–Kier alpha value is -5.24. The summed E-state index contributed by atoms with van der Waals surface area (Å²) in [6.45, 7) is 15.4. The van der Waals surface area contributed by atoms with Crippen molar-refractivity contribution < 1.29 is 28.5 Å². The van der Waals surface area contributed by atoms with Crippen LogP contribution in [0.1, 0.15) is 81.4 Å². The molecule has 8 heteroatoms. The highest BCUT2D eigenvalue weighted by molar-refractivity contribution is 5.71. The van der Waals surface area contributed by atoms with Gasteiger partial charge in [-0.2, -0.15) is 0 Å². The van der Waals surface area contributed by atoms with E-state index < -0.39 is 35.5 Å². The van der Waals surface area contributed by atoms with Gasteiger partial charge in [0.05, 0.1) is 12.1 Å². The van der Waals surface area contributed by atoms with E-state index >= 15 is 0 Å². The molecular weight excluding hydrogens is 604 g/mol. The molecule has 0 saturated carbocycles. The zero-order chi connectivity index (χ0) is 34.7. The van der Waals surface area contributed by atoms with E-state index in [0.29, 0.717) is 30.3 Å². The number of carbonyl (C=O) groups excluding carboxylic acids is 2. The van der Waals surface area contributed by atoms with Gasteiger partial charge in [0.15, 0.2) is 0 Å². The normalized spacial score (nSPS) is 12.6. The number of amides is 2. The van der Waals surface area contributed by atoms with Crippen LogP contribution in [0.3, 0.4) is 0 Å². The summed E-state index contributed by atoms with van der Waals surface area (Å²) >= 11 is 0. The standard InChI is InChI=1S/C40H46N2O6/c1-8-28-14-16-30(17-15-28)27-46-34-24-20-32(21-25-34)36(42-38(44)48-40(5,6)7)35(41-37(43)47-39(2,3)4)31-18-22-33(23-19-31)45-26-29-12-10-9-11-13-29/h8-25,35-36H,1,26-27H2,2-7H3,(H,41,43)(H,42,44)/t35-,36+/m1/s1. The molecule has 0 fully saturated rings. The van der Waals surface area contributed by atoms with E-state index in [0.717, 1.165) is 22.3 Å². The largest absolute Gasteiger partial charge is 0.489 e. The maximum atomic E-state index is 13.2. The van der Waals surface area contributed by atoms with E-state index in [2.05, 4.69) is 17.2 Å². The van der Waals surface area contributed by atoms with E-state index in [1.807, 2.05) is 103 Å². The van der Waals surface area contributed by atoms with Crippen molar-refractivity contribution >= 4 is 18.3 Å². The summed E-state index contributed by atoms with van der Waals surface area (Å²) in [6.07, 6.45) is 0.537. The Bertz CT molecular complexity index is 1620. The van der Waals surface area contributed by atoms with Gasteiger partial charge in [0, 0.05) is 0 Å². The minimum absolute atomic E-state index is 0.387. The lowest BCUT2D eigenvalue weighted by Crippen LogP contribution is -2.44. The second-order valence-electron chi connectivity index (χ2n) is 13.4. The van der Waals surface area contributed by atoms with Crippen molar-refractivity contribution in [3.8, 4) is 11.5 Å². The zero-order valence-electron chi connectivity index (χ0n) is 28.6. The molecule has 0 aliphatic heterocycles. The third-order valence-corrected chi connectivity index (χ3v) is 7.03. The molecule has 0 radical (unpaired) electrons. The average Bonchev–Trinajstić information content (AvgIpc) is 3.04. The molecule has 0 spiro atoms. The van der Waals surface area contributed by atoms with Crippen molar-refractivity contribution in [1.29, 1.82) is 0 Å². The summed E-state index contributed by atoms with van der Waals surface area (Å²) in [5, 5.41) is 5.99. The Labute approximate surface area is 284 Å². The molecule has 252 valence electrons. The Morgan fingerprint density at radius 1 is 0.604 bits per heavy atom. The molecule has 0 aliphatic carbocycles. The first-order valence-electron chi connectivity index (χ1n) is 16.0. The molecule has 48 heavy (non-hydrogen) atoms. The number of ether oxygens (including phenoxy) is 4. The van der Waals surface area contributed by atoms with Crippen molar-refractivity contribution in [3.05, 3.63) is 138 Å². The molecule has 0 heterocycles. The Morgan fingerprint density at radius 3 is 1.38 bits per heavy atom. The number of hydrogen-bond acceptors (Lipinski definition) is 6. The fraction of sp³-hybridized carbons (Fsp3) is 0.300. The van der Waals surface area contributed by atoms with E-state index in [9.17, 15) is 9.59 Å². The smallest absolute Gasteiger partial charge is 0.408 e. The summed E-state index contributed by atoms with van der Waals surface area (Å²) in [6, 6.07) is 31.2. The predicted octanol–water partition coefficient (Wildman–Crippen LogP) is 9.32. The minimum Gasteiger partial charge on any atom is -0.489 e. The lowest BCUT2D eigenvalue weighted by molar-refractivity contribution is 0.0427. The fourth-order valence-electron chi connectivity index (χ4n) is 4.79. The molecule has 4 aromatic carbocycles. The van der Waals surface area contributed by atoms with Gasteiger partial charge in [-0.1, -0.05) is 91.5 Å². The number of hydrogen-bond donors (Lipinski definition) is 2. The van der Waals surface area contributed by atoms with Crippen molar-refractivity contribution in [1.82, 2.24) is 10.6 Å². The Balaban J connectivity index is 1.62. The number of rotatable bonds is 12. The first-order valence-corrected chi connectivity index (χ1v) is 16.0. The lowest BCUT2D eigenvalue weighted by atomic mass is 9.93. The summed E-state index contributed by atoms with van der Waals surface area (Å²) in [5.74, 6) is 1.31. The van der Waals surface area contributed by atoms with Crippen LogP contribution in [0.25, 0.3) is 6.08 Å². The van der Waals surface area contributed by atoms with Crippen molar-refractivity contribution in [2.75, 3.05) is 0 Å². The molecular formula is C40H46N2O6. The van der Waals surface area contributed by atoms with E-state index in [4.69, 9.17) is 18.9 Å². The number of alkyl carbamates (subject to hydrolysis) is 2. The summed E-state index contributed by atoms with van der Waals surface area (Å²) in [7, 11) is 0. The first kappa shape index (κ1) is 35.6. The molecule has 8 nitrogen and oxygen atoms in total. The average molecular weight is 651 g/mol. The highest BCUT2D eigenvalue weighted by atomic mass is 16.6. The molecule has 2 atom stereocenters. The summed E-state index contributed by atoms with van der Waals surface area (Å²) in [4.78, 5) is 26.4. The molecule has 0 saturated heterocycles. The van der Waals surface area contributed by atoms with Crippen LogP contribution in [-0.2, 0) is 22.7 Å². The number of nitrogens with one attached hydrogen (secondary N) is 2. The van der Waals surface area contributed by atoms with Crippen LogP contribution in [0.4, 0.5) is 9.59 Å². The predicted molar refractivity (Wildman–Crippen MR) is 189 cm³/mol. The molecule has 0 unspecified atom stereocenters. The lowest BCUT2D eigenvalue weighted by Gasteiger charge is -2.32. The molecule has 2 amide bonds. The topological polar surface area (TPSA) is 95.1 Å². The second kappa shape index (κ2) is 16.0. The minimum atomic E-state index is -0.746. The molecule has 4 aromatic rings. The Morgan fingerprint density at radius 2 is 1.00 bits per heavy atom. The van der Waals surface area contributed by atoms with E-state index in [-0.39, 0.29) is 0 Å². The first-order chi connectivity index (χ1) is 22.8. The zero-order valence-corrected chi connectivity index (χ0v) is 28.6. The van der Waals surface area contributed by atoms with Crippen molar-refractivity contribution in [3.63, 3.8) is 0 Å². The van der Waals surface area contributed by atoms with Crippen LogP contribution in [0.5, 0.6) is 11.5 Å². The summed E-state index contributed by atoms with van der Waals surface area (Å²) in [5.41, 5.74) is 3.07. The number of carbonyl (C=O) groups is 2. The van der Waals surface area contributed by atoms with Crippen LogP contribution >= 0.6 is 0 Å². The third kappa shape index (κ3) is 11.5. The third-order valence-electron chi connectivity index (χ3n) is 7.03. The van der Waals surface area contributed by atoms with Crippen LogP contribution in [0.2, 0.25) is 0 Å². The van der Waals surface area contributed by atoms with Crippen LogP contribution in [-0.4, -0.2) is 23.4 Å². The van der Waals surface area contributed by atoms with Gasteiger partial charge in [-0.3, -0.25) is 0 Å². The fourth-order valence-corrected chi connectivity index (χ4v) is 4.79. The van der Waals surface area contributed by atoms with Crippen LogP contribution in [0.15, 0.2) is 110 Å². The maximum absolute atomic E-state index is 13.2. The van der Waals surface area contributed by atoms with Gasteiger partial charge in [0.25, 0.3) is 0 Å². The molecule has 2 N–H and O–H groups in total. The van der Waals surface area contributed by atoms with Crippen molar-refractivity contribution in [2.45, 2.75) is 78.0 Å². The van der Waals surface area contributed by atoms with Gasteiger partial charge in [-0.25, -0.2) is 9.59 Å². The van der Waals surface area contributed by atoms with E-state index in [1.165, 1.54) is 0 Å². The number of benzene rings is 4. The SMILES string of the molecule is C=Cc1ccc(COc2ccc([C@H](NC(=O)OC(C)(C)C)[C@H](NC(=O)OC(C)(C)C)c3ccc(OCc4ccccc4)cc3)cc2)cc1. The van der Waals surface area contributed by atoms with Crippen LogP contribution in [0, 0.1) is 0 Å². The van der Waals surface area contributed by atoms with Gasteiger partial charge in [0.2, 0.25) is 0 Å². The van der Waals surface area contributed by atoms with Crippen LogP contribution < -0.4 is 20.1 Å². The molecule has 4 rings (SSSR count). The highest BCUT2D eigenvalue weighted by Crippen LogP contribution is 2.32. The maximum Gasteiger partial charge on any atom is 0.408 e.